The van der Waals surface area contributed by atoms with Gasteiger partial charge in [0.2, 0.25) is 5.60 Å². The van der Waals surface area contributed by atoms with Gasteiger partial charge in [-0.25, -0.2) is 4.79 Å². The van der Waals surface area contributed by atoms with Crippen molar-refractivity contribution in [1.29, 1.82) is 0 Å². The number of methoxy groups -OCH3 is 2. The first-order chi connectivity index (χ1) is 26.1. The maximum atomic E-state index is 15.3. The molecule has 0 aromatic heterocycles. The molecule has 1 aliphatic heterocycles. The summed E-state index contributed by atoms with van der Waals surface area (Å²) in [4.78, 5) is 28.8. The number of hydrogen-bond acceptors (Lipinski definition) is 6. The van der Waals surface area contributed by atoms with Crippen molar-refractivity contribution in [1.82, 2.24) is 0 Å². The molecule has 0 N–H and O–H groups in total. The lowest BCUT2D eigenvalue weighted by Gasteiger charge is -2.49. The van der Waals surface area contributed by atoms with Gasteiger partial charge in [-0.2, -0.15) is 0 Å². The summed E-state index contributed by atoms with van der Waals surface area (Å²) in [6.07, 6.45) is 7.71. The van der Waals surface area contributed by atoms with Crippen LogP contribution in [-0.4, -0.2) is 31.8 Å². The van der Waals surface area contributed by atoms with Crippen LogP contribution in [0.4, 0.5) is 0 Å². The number of benzene rings is 5. The van der Waals surface area contributed by atoms with E-state index in [0.717, 1.165) is 61.6 Å². The second kappa shape index (κ2) is 10.2. The molecule has 0 amide bonds. The first-order valence-electron chi connectivity index (χ1n) is 18.8. The molecular formula is C48H38O6. The van der Waals surface area contributed by atoms with Gasteiger partial charge in [0, 0.05) is 56.9 Å². The third-order valence-corrected chi connectivity index (χ3v) is 14.6. The largest absolute Gasteiger partial charge is 0.496 e. The van der Waals surface area contributed by atoms with E-state index >= 15 is 4.79 Å². The minimum absolute atomic E-state index is 0.178. The molecule has 7 aliphatic carbocycles. The molecule has 54 heavy (non-hydrogen) atoms. The van der Waals surface area contributed by atoms with Gasteiger partial charge < -0.3 is 18.9 Å². The highest BCUT2D eigenvalue weighted by atomic mass is 16.6. The van der Waals surface area contributed by atoms with Gasteiger partial charge in [-0.1, -0.05) is 92.6 Å². The third kappa shape index (κ3) is 3.34. The molecule has 6 heteroatoms. The smallest absolute Gasteiger partial charge is 0.356 e. The second-order valence-corrected chi connectivity index (χ2v) is 16.5. The molecule has 6 nitrogen and oxygen atoms in total. The molecule has 5 aromatic rings. The average molecular weight is 711 g/mol. The molecule has 1 heterocycles. The number of carbonyl (C=O) groups excluding carboxylic acids is 2. The van der Waals surface area contributed by atoms with Crippen LogP contribution in [0.15, 0.2) is 84.9 Å². The number of ether oxygens (including phenoxy) is 4. The predicted octanol–water partition coefficient (Wildman–Crippen LogP) is 8.69. The van der Waals surface area contributed by atoms with Crippen molar-refractivity contribution in [3.05, 3.63) is 157 Å². The van der Waals surface area contributed by atoms with Crippen LogP contribution in [0.5, 0.6) is 17.2 Å². The topological polar surface area (TPSA) is 71.1 Å². The van der Waals surface area contributed by atoms with Crippen LogP contribution in [0.25, 0.3) is 0 Å². The van der Waals surface area contributed by atoms with Gasteiger partial charge >= 0.3 is 11.9 Å². The first-order valence-corrected chi connectivity index (χ1v) is 18.8. The second-order valence-electron chi connectivity index (χ2n) is 16.5. The van der Waals surface area contributed by atoms with E-state index in [1.165, 1.54) is 22.3 Å². The Morgan fingerprint density at radius 3 is 1.50 bits per heavy atom. The fraction of sp³-hybridized carbons (Fsp3) is 0.292. The predicted molar refractivity (Wildman–Crippen MR) is 203 cm³/mol. The van der Waals surface area contributed by atoms with Crippen LogP contribution < -0.4 is 14.2 Å². The lowest BCUT2D eigenvalue weighted by atomic mass is 9.54. The zero-order chi connectivity index (χ0) is 37.1. The van der Waals surface area contributed by atoms with Crippen molar-refractivity contribution in [2.24, 2.45) is 10.8 Å². The summed E-state index contributed by atoms with van der Waals surface area (Å²) in [5.41, 5.74) is 10.6. The van der Waals surface area contributed by atoms with Crippen molar-refractivity contribution in [2.75, 3.05) is 14.2 Å². The zero-order valence-corrected chi connectivity index (χ0v) is 30.8. The van der Waals surface area contributed by atoms with E-state index in [9.17, 15) is 4.79 Å². The van der Waals surface area contributed by atoms with Gasteiger partial charge in [0.1, 0.15) is 17.2 Å². The van der Waals surface area contributed by atoms with Crippen LogP contribution in [0.2, 0.25) is 0 Å². The molecule has 1 saturated carbocycles. The molecular weight excluding hydrogens is 673 g/mol. The Labute approximate surface area is 314 Å². The molecule has 0 spiro atoms. The molecule has 13 rings (SSSR count). The Bertz CT molecular complexity index is 2580. The van der Waals surface area contributed by atoms with Gasteiger partial charge in [-0.15, -0.1) is 6.42 Å². The number of fused-ring (bicyclic) bond motifs is 2. The van der Waals surface area contributed by atoms with E-state index in [4.69, 9.17) is 25.4 Å². The Balaban J connectivity index is 1.28. The lowest BCUT2D eigenvalue weighted by Crippen LogP contribution is -2.50. The van der Waals surface area contributed by atoms with E-state index in [1.807, 2.05) is 32.9 Å². The maximum Gasteiger partial charge on any atom is 0.356 e. The molecule has 5 aromatic carbocycles. The number of carbonyl (C=O) groups is 2. The number of rotatable bonds is 4. The highest BCUT2D eigenvalue weighted by molar-refractivity contribution is 5.95. The van der Waals surface area contributed by atoms with E-state index in [1.54, 1.807) is 14.2 Å². The Morgan fingerprint density at radius 2 is 1.07 bits per heavy atom. The fourth-order valence-electron chi connectivity index (χ4n) is 11.6. The lowest BCUT2D eigenvalue weighted by molar-refractivity contribution is -0.176. The summed E-state index contributed by atoms with van der Waals surface area (Å²) in [7, 11) is 3.39. The van der Waals surface area contributed by atoms with Gasteiger partial charge in [0.15, 0.2) is 0 Å². The first kappa shape index (κ1) is 31.7. The standard InChI is InChI=1S/C48H38O6/c1-7-24-35-33-25-14-8-10-16-27(25)34(28-17-11-9-15-26(28)33)41(35)43(53-45(50)48-23-22-47(4,44(49)54-48)46(48,2)3)42-36(24)37-29-18-12-13-19-30(29)38(42)40-32(52-6)21-20-31(51-5)39(37)40/h1,8-21,33-34,37-38H,22-23H2,2-6H3/t33?,34?,37-,38-,47-,48+/m0/s1. The summed E-state index contributed by atoms with van der Waals surface area (Å²) in [6.45, 7) is 5.86. The van der Waals surface area contributed by atoms with Gasteiger partial charge in [-0.05, 0) is 76.4 Å². The van der Waals surface area contributed by atoms with E-state index < -0.39 is 28.3 Å². The summed E-state index contributed by atoms with van der Waals surface area (Å²) in [6, 6.07) is 29.6. The van der Waals surface area contributed by atoms with Crippen molar-refractivity contribution in [3.8, 4) is 29.6 Å². The quantitative estimate of drug-likeness (QED) is 0.103. The molecule has 0 radical (unpaired) electrons. The van der Waals surface area contributed by atoms with Gasteiger partial charge in [0.05, 0.1) is 19.6 Å². The van der Waals surface area contributed by atoms with Gasteiger partial charge in [-0.3, -0.25) is 4.79 Å². The summed E-state index contributed by atoms with van der Waals surface area (Å²) >= 11 is 0. The van der Waals surface area contributed by atoms with Gasteiger partial charge in [0.25, 0.3) is 0 Å². The van der Waals surface area contributed by atoms with E-state index in [-0.39, 0.29) is 23.7 Å². The Morgan fingerprint density at radius 1 is 0.648 bits per heavy atom. The van der Waals surface area contributed by atoms with E-state index in [2.05, 4.69) is 78.7 Å². The molecule has 0 unspecified atom stereocenters. The molecule has 6 bridgehead atoms. The average Bonchev–Trinajstić information content (AvgIpc) is 3.50. The number of terminal acetylenes is 1. The van der Waals surface area contributed by atoms with Crippen LogP contribution in [-0.2, 0) is 14.3 Å². The zero-order valence-electron chi connectivity index (χ0n) is 30.8. The summed E-state index contributed by atoms with van der Waals surface area (Å²) in [5, 5.41) is 0. The minimum atomic E-state index is -1.43. The molecule has 266 valence electrons. The van der Waals surface area contributed by atoms with E-state index in [0.29, 0.717) is 18.6 Å². The molecule has 1 saturated heterocycles. The van der Waals surface area contributed by atoms with Crippen molar-refractivity contribution < 1.29 is 28.5 Å². The number of esters is 2. The van der Waals surface area contributed by atoms with Crippen molar-refractivity contribution in [3.63, 3.8) is 0 Å². The van der Waals surface area contributed by atoms with Crippen molar-refractivity contribution >= 4 is 11.9 Å². The summed E-state index contributed by atoms with van der Waals surface area (Å²) in [5.74, 6) is 3.23. The Kier molecular flexibility index (Phi) is 6.01. The monoisotopic (exact) mass is 710 g/mol. The summed E-state index contributed by atoms with van der Waals surface area (Å²) < 4.78 is 25.5. The number of hydrogen-bond donors (Lipinski definition) is 0. The Hall–Kier alpha value is -5.80. The highest BCUT2D eigenvalue weighted by Gasteiger charge is 2.76. The molecule has 2 fully saturated rings. The fourth-order valence-corrected chi connectivity index (χ4v) is 11.6. The maximum absolute atomic E-state index is 15.3. The molecule has 8 aliphatic rings. The van der Waals surface area contributed by atoms with Crippen LogP contribution in [0.3, 0.4) is 0 Å². The highest BCUT2D eigenvalue weighted by Crippen LogP contribution is 2.69. The third-order valence-electron chi connectivity index (χ3n) is 14.6. The van der Waals surface area contributed by atoms with Crippen molar-refractivity contribution in [2.45, 2.75) is 62.9 Å². The van der Waals surface area contributed by atoms with Crippen LogP contribution in [0, 0.1) is 23.2 Å². The normalized spacial score (nSPS) is 27.4. The SMILES string of the molecule is C#Cc1c2c(c(OC(=O)[C@@]34CC[C@@](C)(C(=O)O3)C4(C)C)c3c1[C@@H]1c4ccccc4[C@H]3c3c(OC)ccc(OC)c31)C1c3ccccc3C2c2ccccc21. The minimum Gasteiger partial charge on any atom is -0.496 e. The van der Waals surface area contributed by atoms with Crippen LogP contribution in [0.1, 0.15) is 130 Å². The van der Waals surface area contributed by atoms with Crippen LogP contribution >= 0.6 is 0 Å². The molecule has 4 atom stereocenters.